The molecule has 2 heterocycles. The molecule has 0 aromatic carbocycles. The average molecular weight is 405 g/mol. The first kappa shape index (κ1) is 18.5. The molecule has 0 N–H and O–H groups in total. The lowest BCUT2D eigenvalue weighted by atomic mass is 10.1. The summed E-state index contributed by atoms with van der Waals surface area (Å²) in [5.74, 6) is 0. The minimum Gasteiger partial charge on any atom is -0.444 e. The topological polar surface area (TPSA) is 45.7 Å². The van der Waals surface area contributed by atoms with E-state index in [4.69, 9.17) is 16.3 Å². The largest absolute Gasteiger partial charge is 0.444 e. The standard InChI is InChI=1S/C16H23BrClN3O2/c1-11-9-21(15(22)23-16(2,3)4)6-5-20(11)10-12-7-13(17)14(18)19-8-12/h7-8,11H,5-6,9-10H2,1-4H3. The van der Waals surface area contributed by atoms with Crippen LogP contribution in [0, 0.1) is 0 Å². The second-order valence-electron chi connectivity index (χ2n) is 6.86. The first-order valence-electron chi connectivity index (χ1n) is 7.67. The van der Waals surface area contributed by atoms with Gasteiger partial charge in [-0.15, -0.1) is 0 Å². The maximum atomic E-state index is 12.2. The number of aromatic nitrogens is 1. The number of carbonyl (C=O) groups is 1. The van der Waals surface area contributed by atoms with Crippen molar-refractivity contribution in [3.63, 3.8) is 0 Å². The first-order valence-corrected chi connectivity index (χ1v) is 8.84. The Morgan fingerprint density at radius 3 is 2.74 bits per heavy atom. The molecule has 1 aromatic heterocycles. The Labute approximate surface area is 151 Å². The van der Waals surface area contributed by atoms with E-state index in [0.717, 1.165) is 23.1 Å². The van der Waals surface area contributed by atoms with Gasteiger partial charge in [-0.1, -0.05) is 11.6 Å². The number of hydrogen-bond donors (Lipinski definition) is 0. The summed E-state index contributed by atoms with van der Waals surface area (Å²) in [5, 5.41) is 0.469. The Morgan fingerprint density at radius 2 is 2.17 bits per heavy atom. The van der Waals surface area contributed by atoms with Gasteiger partial charge in [-0.05, 0) is 55.3 Å². The summed E-state index contributed by atoms with van der Waals surface area (Å²) in [6, 6.07) is 2.24. The monoisotopic (exact) mass is 403 g/mol. The highest BCUT2D eigenvalue weighted by molar-refractivity contribution is 9.10. The van der Waals surface area contributed by atoms with Crippen molar-refractivity contribution in [2.75, 3.05) is 19.6 Å². The summed E-state index contributed by atoms with van der Waals surface area (Å²) < 4.78 is 6.25. The molecular weight excluding hydrogens is 382 g/mol. The minimum atomic E-state index is -0.460. The number of amides is 1. The van der Waals surface area contributed by atoms with Crippen LogP contribution in [-0.2, 0) is 11.3 Å². The number of piperazine rings is 1. The van der Waals surface area contributed by atoms with Crippen LogP contribution in [0.15, 0.2) is 16.7 Å². The van der Waals surface area contributed by atoms with Gasteiger partial charge in [0.25, 0.3) is 0 Å². The molecule has 1 fully saturated rings. The molecule has 1 unspecified atom stereocenters. The summed E-state index contributed by atoms with van der Waals surface area (Å²) in [6.45, 7) is 10.7. The van der Waals surface area contributed by atoms with Gasteiger partial charge in [0, 0.05) is 38.4 Å². The zero-order valence-corrected chi connectivity index (χ0v) is 16.3. The molecule has 1 aromatic rings. The van der Waals surface area contributed by atoms with Crippen molar-refractivity contribution in [2.24, 2.45) is 0 Å². The van der Waals surface area contributed by atoms with Crippen LogP contribution in [0.25, 0.3) is 0 Å². The third-order valence-electron chi connectivity index (χ3n) is 3.66. The highest BCUT2D eigenvalue weighted by Crippen LogP contribution is 2.22. The van der Waals surface area contributed by atoms with Crippen LogP contribution in [0.1, 0.15) is 33.3 Å². The van der Waals surface area contributed by atoms with E-state index in [0.29, 0.717) is 18.2 Å². The Hall–Kier alpha value is -0.850. The lowest BCUT2D eigenvalue weighted by Gasteiger charge is -2.40. The van der Waals surface area contributed by atoms with Gasteiger partial charge in [0.2, 0.25) is 0 Å². The van der Waals surface area contributed by atoms with Crippen molar-refractivity contribution >= 4 is 33.6 Å². The van der Waals surface area contributed by atoms with Crippen molar-refractivity contribution in [1.29, 1.82) is 0 Å². The Morgan fingerprint density at radius 1 is 1.48 bits per heavy atom. The summed E-state index contributed by atoms with van der Waals surface area (Å²) >= 11 is 9.33. The number of pyridine rings is 1. The SMILES string of the molecule is CC1CN(C(=O)OC(C)(C)C)CCN1Cc1cnc(Cl)c(Br)c1. The maximum Gasteiger partial charge on any atom is 0.410 e. The molecule has 0 spiro atoms. The lowest BCUT2D eigenvalue weighted by molar-refractivity contribution is 0.00460. The van der Waals surface area contributed by atoms with E-state index in [1.807, 2.05) is 26.8 Å². The molecule has 2 rings (SSSR count). The average Bonchev–Trinajstić information content (AvgIpc) is 2.43. The Balaban J connectivity index is 1.93. The fraction of sp³-hybridized carbons (Fsp3) is 0.625. The van der Waals surface area contributed by atoms with Gasteiger partial charge in [-0.3, -0.25) is 4.90 Å². The molecule has 0 aliphatic carbocycles. The molecule has 23 heavy (non-hydrogen) atoms. The molecule has 1 aliphatic rings. The molecule has 128 valence electrons. The summed E-state index contributed by atoms with van der Waals surface area (Å²) in [7, 11) is 0. The molecule has 1 amide bonds. The quantitative estimate of drug-likeness (QED) is 0.700. The zero-order chi connectivity index (χ0) is 17.2. The number of nitrogens with zero attached hydrogens (tertiary/aromatic N) is 3. The molecule has 1 aliphatic heterocycles. The predicted molar refractivity (Wildman–Crippen MR) is 94.6 cm³/mol. The van der Waals surface area contributed by atoms with E-state index in [-0.39, 0.29) is 12.1 Å². The van der Waals surface area contributed by atoms with Gasteiger partial charge < -0.3 is 9.64 Å². The highest BCUT2D eigenvalue weighted by atomic mass is 79.9. The van der Waals surface area contributed by atoms with Gasteiger partial charge in [0.1, 0.15) is 10.8 Å². The van der Waals surface area contributed by atoms with Crippen molar-refractivity contribution in [3.8, 4) is 0 Å². The van der Waals surface area contributed by atoms with Gasteiger partial charge in [0.05, 0.1) is 4.47 Å². The van der Waals surface area contributed by atoms with Crippen LogP contribution in [0.3, 0.4) is 0 Å². The Bertz CT molecular complexity index is 577. The third kappa shape index (κ3) is 5.33. The molecule has 0 saturated carbocycles. The third-order valence-corrected chi connectivity index (χ3v) is 4.79. The summed E-state index contributed by atoms with van der Waals surface area (Å²) in [6.07, 6.45) is 1.56. The number of halogens is 2. The van der Waals surface area contributed by atoms with Crippen LogP contribution < -0.4 is 0 Å². The van der Waals surface area contributed by atoms with Crippen molar-refractivity contribution < 1.29 is 9.53 Å². The second-order valence-corrected chi connectivity index (χ2v) is 8.07. The zero-order valence-electron chi connectivity index (χ0n) is 14.0. The van der Waals surface area contributed by atoms with Crippen LogP contribution in [0.4, 0.5) is 4.79 Å². The molecule has 0 radical (unpaired) electrons. The minimum absolute atomic E-state index is 0.236. The number of rotatable bonds is 2. The molecule has 0 bridgehead atoms. The highest BCUT2D eigenvalue weighted by Gasteiger charge is 2.29. The van der Waals surface area contributed by atoms with Gasteiger partial charge in [-0.25, -0.2) is 9.78 Å². The van der Waals surface area contributed by atoms with Gasteiger partial charge in [0.15, 0.2) is 0 Å². The van der Waals surface area contributed by atoms with Crippen LogP contribution in [0.5, 0.6) is 0 Å². The fourth-order valence-electron chi connectivity index (χ4n) is 2.50. The van der Waals surface area contributed by atoms with E-state index < -0.39 is 5.60 Å². The Kier molecular flexibility index (Phi) is 5.92. The molecular formula is C16H23BrClN3O2. The van der Waals surface area contributed by atoms with E-state index in [2.05, 4.69) is 32.7 Å². The summed E-state index contributed by atoms with van der Waals surface area (Å²) in [5.41, 5.74) is 0.637. The summed E-state index contributed by atoms with van der Waals surface area (Å²) in [4.78, 5) is 20.4. The van der Waals surface area contributed by atoms with Crippen LogP contribution in [0.2, 0.25) is 5.15 Å². The number of carbonyl (C=O) groups excluding carboxylic acids is 1. The van der Waals surface area contributed by atoms with Crippen molar-refractivity contribution in [3.05, 3.63) is 27.5 Å². The van der Waals surface area contributed by atoms with E-state index >= 15 is 0 Å². The predicted octanol–water partition coefficient (Wildman–Crippen LogP) is 3.94. The van der Waals surface area contributed by atoms with Crippen LogP contribution in [-0.4, -0.2) is 52.2 Å². The van der Waals surface area contributed by atoms with E-state index in [1.54, 1.807) is 11.1 Å². The maximum absolute atomic E-state index is 12.2. The lowest BCUT2D eigenvalue weighted by Crippen LogP contribution is -2.54. The van der Waals surface area contributed by atoms with Gasteiger partial charge >= 0.3 is 6.09 Å². The van der Waals surface area contributed by atoms with Gasteiger partial charge in [-0.2, -0.15) is 0 Å². The fourth-order valence-corrected chi connectivity index (χ4v) is 3.00. The first-order chi connectivity index (χ1) is 10.7. The van der Waals surface area contributed by atoms with Crippen LogP contribution >= 0.6 is 27.5 Å². The normalized spacial score (nSPS) is 19.7. The smallest absolute Gasteiger partial charge is 0.410 e. The van der Waals surface area contributed by atoms with Crippen molar-refractivity contribution in [1.82, 2.24) is 14.8 Å². The molecule has 5 nitrogen and oxygen atoms in total. The number of hydrogen-bond acceptors (Lipinski definition) is 4. The van der Waals surface area contributed by atoms with E-state index in [1.165, 1.54) is 0 Å². The molecule has 7 heteroatoms. The number of ether oxygens (including phenoxy) is 1. The molecule has 1 atom stereocenters. The van der Waals surface area contributed by atoms with E-state index in [9.17, 15) is 4.79 Å². The second kappa shape index (κ2) is 7.36. The van der Waals surface area contributed by atoms with Crippen molar-refractivity contribution in [2.45, 2.75) is 45.9 Å². The molecule has 1 saturated heterocycles.